The highest BCUT2D eigenvalue weighted by Crippen LogP contribution is 2.27. The predicted octanol–water partition coefficient (Wildman–Crippen LogP) is 3.85. The average Bonchev–Trinajstić information content (AvgIpc) is 2.46. The van der Waals surface area contributed by atoms with Gasteiger partial charge in [0.25, 0.3) is 5.92 Å². The molecule has 5 heteroatoms. The molecule has 0 aromatic heterocycles. The van der Waals surface area contributed by atoms with E-state index in [1.165, 1.54) is 24.3 Å². The summed E-state index contributed by atoms with van der Waals surface area (Å²) < 4.78 is 26.6. The van der Waals surface area contributed by atoms with E-state index in [1.807, 2.05) is 0 Å². The van der Waals surface area contributed by atoms with E-state index in [2.05, 4.69) is 0 Å². The maximum Gasteiger partial charge on any atom is 0.335 e. The van der Waals surface area contributed by atoms with Gasteiger partial charge in [-0.25, -0.2) is 13.6 Å². The third kappa shape index (κ3) is 4.45. The molecule has 0 radical (unpaired) electrons. The number of rotatable bonds is 6. The van der Waals surface area contributed by atoms with Gasteiger partial charge in [0.2, 0.25) is 0 Å². The number of alkyl halides is 2. The highest BCUT2D eigenvalue weighted by molar-refractivity contribution is 5.92. The van der Waals surface area contributed by atoms with Gasteiger partial charge >= 0.3 is 5.97 Å². The second-order valence-electron chi connectivity index (χ2n) is 5.44. The van der Waals surface area contributed by atoms with Crippen LogP contribution >= 0.6 is 0 Å². The minimum Gasteiger partial charge on any atom is -0.478 e. The van der Waals surface area contributed by atoms with Gasteiger partial charge in [-0.15, -0.1) is 0 Å². The summed E-state index contributed by atoms with van der Waals surface area (Å²) in [6, 6.07) is 12.0. The van der Waals surface area contributed by atoms with Crippen molar-refractivity contribution >= 4 is 11.8 Å². The van der Waals surface area contributed by atoms with E-state index in [0.717, 1.165) is 6.92 Å². The van der Waals surface area contributed by atoms with Crippen molar-refractivity contribution in [3.8, 4) is 0 Å². The fraction of sp³-hybridized carbons (Fsp3) is 0.222. The van der Waals surface area contributed by atoms with Crippen molar-refractivity contribution in [3.63, 3.8) is 0 Å². The van der Waals surface area contributed by atoms with Gasteiger partial charge in [-0.05, 0) is 23.3 Å². The third-order valence-corrected chi connectivity index (χ3v) is 3.47. The van der Waals surface area contributed by atoms with E-state index in [-0.39, 0.29) is 29.8 Å². The minimum absolute atomic E-state index is 0.0160. The molecular formula is C18H16F2O3. The normalized spacial score (nSPS) is 11.3. The average molecular weight is 318 g/mol. The van der Waals surface area contributed by atoms with Gasteiger partial charge in [0.15, 0.2) is 0 Å². The van der Waals surface area contributed by atoms with Crippen LogP contribution in [0.1, 0.15) is 34.0 Å². The first-order valence-electron chi connectivity index (χ1n) is 7.07. The topological polar surface area (TPSA) is 54.4 Å². The van der Waals surface area contributed by atoms with E-state index < -0.39 is 11.9 Å². The van der Waals surface area contributed by atoms with E-state index >= 15 is 0 Å². The molecule has 2 aromatic carbocycles. The fourth-order valence-corrected chi connectivity index (χ4v) is 2.34. The predicted molar refractivity (Wildman–Crippen MR) is 81.8 cm³/mol. The lowest BCUT2D eigenvalue weighted by Gasteiger charge is -2.12. The Kier molecular flexibility index (Phi) is 4.89. The Balaban J connectivity index is 2.13. The Bertz CT molecular complexity index is 733. The molecule has 2 aromatic rings. The number of benzene rings is 2. The van der Waals surface area contributed by atoms with E-state index in [9.17, 15) is 18.4 Å². The van der Waals surface area contributed by atoms with Gasteiger partial charge in [0.1, 0.15) is 5.78 Å². The van der Waals surface area contributed by atoms with Gasteiger partial charge in [-0.1, -0.05) is 36.4 Å². The zero-order chi connectivity index (χ0) is 17.0. The van der Waals surface area contributed by atoms with Crippen LogP contribution in [0, 0.1) is 0 Å². The lowest BCUT2D eigenvalue weighted by atomic mass is 9.97. The number of aromatic carboxylic acids is 1. The zero-order valence-electron chi connectivity index (χ0n) is 12.6. The molecule has 120 valence electrons. The number of hydrogen-bond donors (Lipinski definition) is 1. The Morgan fingerprint density at radius 2 is 1.74 bits per heavy atom. The summed E-state index contributed by atoms with van der Waals surface area (Å²) in [6.45, 7) is 0.803. The number of halogens is 2. The Hall–Kier alpha value is -2.56. The van der Waals surface area contributed by atoms with Crippen molar-refractivity contribution in [2.75, 3.05) is 0 Å². The van der Waals surface area contributed by atoms with Crippen LogP contribution in [-0.2, 0) is 23.6 Å². The van der Waals surface area contributed by atoms with Crippen LogP contribution in [0.5, 0.6) is 0 Å². The first-order chi connectivity index (χ1) is 10.8. The largest absolute Gasteiger partial charge is 0.478 e. The maximum atomic E-state index is 13.3. The van der Waals surface area contributed by atoms with Crippen LogP contribution < -0.4 is 0 Å². The SMILES string of the molecule is CC(F)(F)c1cccc(CC(=O)Cc2ccccc2C(=O)O)c1. The fourth-order valence-electron chi connectivity index (χ4n) is 2.34. The quantitative estimate of drug-likeness (QED) is 0.880. The van der Waals surface area contributed by atoms with E-state index in [1.54, 1.807) is 24.3 Å². The van der Waals surface area contributed by atoms with Crippen LogP contribution in [-0.4, -0.2) is 16.9 Å². The smallest absolute Gasteiger partial charge is 0.335 e. The standard InChI is InChI=1S/C18H16F2O3/c1-18(19,20)14-7-4-5-12(9-14)10-15(21)11-13-6-2-3-8-16(13)17(22)23/h2-9H,10-11H2,1H3,(H,22,23). The van der Waals surface area contributed by atoms with Gasteiger partial charge in [0, 0.05) is 25.3 Å². The number of hydrogen-bond acceptors (Lipinski definition) is 2. The molecule has 0 aliphatic rings. The van der Waals surface area contributed by atoms with Gasteiger partial charge in [-0.3, -0.25) is 4.79 Å². The van der Waals surface area contributed by atoms with Crippen molar-refractivity contribution in [1.29, 1.82) is 0 Å². The molecule has 1 N–H and O–H groups in total. The van der Waals surface area contributed by atoms with Gasteiger partial charge in [0.05, 0.1) is 5.56 Å². The molecule has 0 fully saturated rings. The zero-order valence-corrected chi connectivity index (χ0v) is 12.6. The summed E-state index contributed by atoms with van der Waals surface area (Å²) >= 11 is 0. The molecule has 0 spiro atoms. The number of Topliss-reactive ketones (excluding diaryl/α,β-unsaturated/α-hetero) is 1. The summed E-state index contributed by atoms with van der Waals surface area (Å²) in [5.41, 5.74) is 0.840. The minimum atomic E-state index is -2.96. The third-order valence-electron chi connectivity index (χ3n) is 3.47. The molecule has 0 aliphatic carbocycles. The van der Waals surface area contributed by atoms with Crippen LogP contribution in [0.2, 0.25) is 0 Å². The molecule has 0 aliphatic heterocycles. The Morgan fingerprint density at radius 1 is 1.04 bits per heavy atom. The monoisotopic (exact) mass is 318 g/mol. The molecule has 0 atom stereocenters. The summed E-state index contributed by atoms with van der Waals surface area (Å²) in [7, 11) is 0. The second-order valence-corrected chi connectivity index (χ2v) is 5.44. The molecule has 0 amide bonds. The first kappa shape index (κ1) is 16.8. The summed E-state index contributed by atoms with van der Waals surface area (Å²) in [5.74, 6) is -4.29. The molecule has 23 heavy (non-hydrogen) atoms. The number of carbonyl (C=O) groups excluding carboxylic acids is 1. The molecule has 2 rings (SSSR count). The highest BCUT2D eigenvalue weighted by Gasteiger charge is 2.24. The number of ketones is 1. The van der Waals surface area contributed by atoms with Gasteiger partial charge < -0.3 is 5.11 Å². The van der Waals surface area contributed by atoms with Crippen LogP contribution in [0.3, 0.4) is 0 Å². The van der Waals surface area contributed by atoms with Crippen molar-refractivity contribution in [1.82, 2.24) is 0 Å². The molecule has 3 nitrogen and oxygen atoms in total. The summed E-state index contributed by atoms with van der Waals surface area (Å²) in [4.78, 5) is 23.3. The number of carboxylic acid groups (broad SMARTS) is 1. The van der Waals surface area contributed by atoms with E-state index in [4.69, 9.17) is 5.11 Å². The highest BCUT2D eigenvalue weighted by atomic mass is 19.3. The number of carbonyl (C=O) groups is 2. The molecule has 0 saturated carbocycles. The maximum absolute atomic E-state index is 13.3. The Labute approximate surface area is 132 Å². The lowest BCUT2D eigenvalue weighted by molar-refractivity contribution is -0.117. The lowest BCUT2D eigenvalue weighted by Crippen LogP contribution is -2.12. The molecule has 0 unspecified atom stereocenters. The molecule has 0 saturated heterocycles. The van der Waals surface area contributed by atoms with Crippen molar-refractivity contribution < 1.29 is 23.5 Å². The van der Waals surface area contributed by atoms with Crippen LogP contribution in [0.15, 0.2) is 48.5 Å². The van der Waals surface area contributed by atoms with Crippen molar-refractivity contribution in [2.24, 2.45) is 0 Å². The summed E-state index contributed by atoms with van der Waals surface area (Å²) in [5, 5.41) is 9.10. The second kappa shape index (κ2) is 6.69. The van der Waals surface area contributed by atoms with E-state index in [0.29, 0.717) is 11.1 Å². The van der Waals surface area contributed by atoms with Crippen molar-refractivity contribution in [3.05, 3.63) is 70.8 Å². The Morgan fingerprint density at radius 3 is 2.39 bits per heavy atom. The van der Waals surface area contributed by atoms with Crippen molar-refractivity contribution in [2.45, 2.75) is 25.7 Å². The first-order valence-corrected chi connectivity index (χ1v) is 7.07. The van der Waals surface area contributed by atoms with Crippen LogP contribution in [0.25, 0.3) is 0 Å². The molecular weight excluding hydrogens is 302 g/mol. The molecule has 0 heterocycles. The molecule has 0 bridgehead atoms. The van der Waals surface area contributed by atoms with Crippen LogP contribution in [0.4, 0.5) is 8.78 Å². The summed E-state index contributed by atoms with van der Waals surface area (Å²) in [6.07, 6.45) is -0.0624. The van der Waals surface area contributed by atoms with Gasteiger partial charge in [-0.2, -0.15) is 0 Å². The number of carboxylic acids is 1.